The van der Waals surface area contributed by atoms with Gasteiger partial charge in [-0.25, -0.2) is 5.84 Å². The topological polar surface area (TPSA) is 83.8 Å². The molecule has 1 amide bonds. The molecule has 19 heavy (non-hydrogen) atoms. The van der Waals surface area contributed by atoms with Crippen molar-refractivity contribution in [1.82, 2.24) is 9.99 Å². The molecule has 1 aromatic heterocycles. The van der Waals surface area contributed by atoms with E-state index in [0.29, 0.717) is 12.0 Å². The standard InChI is InChI=1S/C14H16N4O/c15-10-11-4-5-12-6-8-18(13(12)9-11)7-2-1-3-14(19)17-16/h4-6,8-9H,1-3,7,16H2,(H,17,19). The molecule has 0 saturated carbocycles. The fourth-order valence-electron chi connectivity index (χ4n) is 2.09. The van der Waals surface area contributed by atoms with Crippen LogP contribution >= 0.6 is 0 Å². The number of nitriles is 1. The van der Waals surface area contributed by atoms with E-state index in [2.05, 4.69) is 16.1 Å². The molecule has 0 aliphatic rings. The van der Waals surface area contributed by atoms with Gasteiger partial charge < -0.3 is 4.57 Å². The van der Waals surface area contributed by atoms with Gasteiger partial charge in [0.2, 0.25) is 5.91 Å². The normalized spacial score (nSPS) is 10.3. The third kappa shape index (κ3) is 3.12. The SMILES string of the molecule is N#Cc1ccc2ccn(CCCCC(=O)NN)c2c1. The molecule has 0 saturated heterocycles. The van der Waals surface area contributed by atoms with Crippen molar-refractivity contribution in [1.29, 1.82) is 5.26 Å². The summed E-state index contributed by atoms with van der Waals surface area (Å²) >= 11 is 0. The van der Waals surface area contributed by atoms with E-state index >= 15 is 0 Å². The first kappa shape index (κ1) is 13.1. The van der Waals surface area contributed by atoms with Crippen LogP contribution in [0.3, 0.4) is 0 Å². The van der Waals surface area contributed by atoms with Gasteiger partial charge in [0, 0.05) is 24.7 Å². The van der Waals surface area contributed by atoms with Crippen LogP contribution < -0.4 is 11.3 Å². The van der Waals surface area contributed by atoms with Gasteiger partial charge in [-0.3, -0.25) is 10.2 Å². The Balaban J connectivity index is 2.01. The van der Waals surface area contributed by atoms with E-state index in [1.165, 1.54) is 0 Å². The number of nitrogens with two attached hydrogens (primary N) is 1. The number of fused-ring (bicyclic) bond motifs is 1. The predicted octanol–water partition coefficient (Wildman–Crippen LogP) is 1.67. The average molecular weight is 256 g/mol. The van der Waals surface area contributed by atoms with E-state index in [0.717, 1.165) is 30.3 Å². The second-order valence-corrected chi connectivity index (χ2v) is 4.42. The summed E-state index contributed by atoms with van der Waals surface area (Å²) < 4.78 is 2.11. The predicted molar refractivity (Wildman–Crippen MR) is 72.8 cm³/mol. The van der Waals surface area contributed by atoms with Crippen molar-refractivity contribution in [2.75, 3.05) is 0 Å². The maximum Gasteiger partial charge on any atom is 0.233 e. The molecule has 5 heteroatoms. The lowest BCUT2D eigenvalue weighted by molar-refractivity contribution is -0.121. The quantitative estimate of drug-likeness (QED) is 0.369. The first-order chi connectivity index (χ1) is 9.24. The summed E-state index contributed by atoms with van der Waals surface area (Å²) in [6, 6.07) is 9.84. The lowest BCUT2D eigenvalue weighted by atomic mass is 10.2. The largest absolute Gasteiger partial charge is 0.347 e. The van der Waals surface area contributed by atoms with Gasteiger partial charge in [0.25, 0.3) is 0 Å². The number of rotatable bonds is 5. The van der Waals surface area contributed by atoms with Crippen LogP contribution in [0.4, 0.5) is 0 Å². The number of carbonyl (C=O) groups excluding carboxylic acids is 1. The van der Waals surface area contributed by atoms with Crippen molar-refractivity contribution in [2.45, 2.75) is 25.8 Å². The summed E-state index contributed by atoms with van der Waals surface area (Å²) in [7, 11) is 0. The molecule has 0 aliphatic carbocycles. The second kappa shape index (κ2) is 6.03. The highest BCUT2D eigenvalue weighted by Crippen LogP contribution is 2.18. The van der Waals surface area contributed by atoms with E-state index in [9.17, 15) is 4.79 Å². The Morgan fingerprint density at radius 2 is 2.21 bits per heavy atom. The number of hydrogen-bond acceptors (Lipinski definition) is 3. The van der Waals surface area contributed by atoms with Gasteiger partial charge in [-0.15, -0.1) is 0 Å². The molecule has 5 nitrogen and oxygen atoms in total. The molecule has 0 spiro atoms. The minimum absolute atomic E-state index is 0.135. The zero-order valence-corrected chi connectivity index (χ0v) is 10.6. The number of nitrogens with one attached hydrogen (secondary N) is 1. The summed E-state index contributed by atoms with van der Waals surface area (Å²) in [5.41, 5.74) is 3.84. The number of amides is 1. The molecule has 0 aliphatic heterocycles. The van der Waals surface area contributed by atoms with Crippen LogP contribution in [-0.2, 0) is 11.3 Å². The number of benzene rings is 1. The molecular formula is C14H16N4O. The third-order valence-electron chi connectivity index (χ3n) is 3.12. The van der Waals surface area contributed by atoms with Crippen molar-refractivity contribution in [3.05, 3.63) is 36.0 Å². The Hall–Kier alpha value is -2.32. The molecule has 2 aromatic rings. The third-order valence-corrected chi connectivity index (χ3v) is 3.12. The summed E-state index contributed by atoms with van der Waals surface area (Å²) in [6.45, 7) is 0.830. The second-order valence-electron chi connectivity index (χ2n) is 4.42. The molecule has 1 aromatic carbocycles. The smallest absolute Gasteiger partial charge is 0.233 e. The van der Waals surface area contributed by atoms with Gasteiger partial charge in [0.1, 0.15) is 0 Å². The first-order valence-corrected chi connectivity index (χ1v) is 6.23. The van der Waals surface area contributed by atoms with Crippen molar-refractivity contribution >= 4 is 16.8 Å². The maximum absolute atomic E-state index is 11.0. The number of nitrogens with zero attached hydrogens (tertiary/aromatic N) is 2. The Morgan fingerprint density at radius 1 is 1.37 bits per heavy atom. The molecule has 0 radical (unpaired) electrons. The number of hydrazine groups is 1. The van der Waals surface area contributed by atoms with Crippen molar-refractivity contribution in [2.24, 2.45) is 5.84 Å². The lowest BCUT2D eigenvalue weighted by Crippen LogP contribution is -2.29. The molecule has 1 heterocycles. The van der Waals surface area contributed by atoms with E-state index < -0.39 is 0 Å². The minimum Gasteiger partial charge on any atom is -0.347 e. The molecule has 0 fully saturated rings. The fourth-order valence-corrected chi connectivity index (χ4v) is 2.09. The van der Waals surface area contributed by atoms with Crippen molar-refractivity contribution < 1.29 is 4.79 Å². The summed E-state index contributed by atoms with van der Waals surface area (Å²) in [5.74, 6) is 4.88. The molecule has 0 unspecified atom stereocenters. The molecule has 0 atom stereocenters. The van der Waals surface area contributed by atoms with Gasteiger partial charge in [-0.2, -0.15) is 5.26 Å². The lowest BCUT2D eigenvalue weighted by Gasteiger charge is -2.05. The highest BCUT2D eigenvalue weighted by atomic mass is 16.2. The molecule has 2 rings (SSSR count). The summed E-state index contributed by atoms with van der Waals surface area (Å²) in [5, 5.41) is 10.0. The van der Waals surface area contributed by atoms with Gasteiger partial charge in [0.05, 0.1) is 11.6 Å². The number of carbonyl (C=O) groups is 1. The van der Waals surface area contributed by atoms with Crippen molar-refractivity contribution in [3.63, 3.8) is 0 Å². The van der Waals surface area contributed by atoms with Gasteiger partial charge in [-0.1, -0.05) is 6.07 Å². The molecule has 98 valence electrons. The first-order valence-electron chi connectivity index (χ1n) is 6.23. The number of aromatic nitrogens is 1. The van der Waals surface area contributed by atoms with E-state index in [1.807, 2.05) is 30.5 Å². The number of unbranched alkanes of at least 4 members (excludes halogenated alkanes) is 1. The zero-order valence-electron chi connectivity index (χ0n) is 10.6. The fraction of sp³-hybridized carbons (Fsp3) is 0.286. The minimum atomic E-state index is -0.135. The molecular weight excluding hydrogens is 240 g/mol. The molecule has 0 bridgehead atoms. The number of hydrogen-bond donors (Lipinski definition) is 2. The zero-order chi connectivity index (χ0) is 13.7. The highest BCUT2D eigenvalue weighted by Gasteiger charge is 2.03. The molecule has 3 N–H and O–H groups in total. The Labute approximate surface area is 111 Å². The van der Waals surface area contributed by atoms with Crippen LogP contribution in [0.25, 0.3) is 10.9 Å². The van der Waals surface area contributed by atoms with Gasteiger partial charge in [-0.05, 0) is 36.4 Å². The van der Waals surface area contributed by atoms with Gasteiger partial charge in [0.15, 0.2) is 0 Å². The maximum atomic E-state index is 11.0. The van der Waals surface area contributed by atoms with E-state index in [-0.39, 0.29) is 5.91 Å². The number of aryl methyl sites for hydroxylation is 1. The monoisotopic (exact) mass is 256 g/mol. The van der Waals surface area contributed by atoms with Crippen LogP contribution in [0.1, 0.15) is 24.8 Å². The Kier molecular flexibility index (Phi) is 4.16. The highest BCUT2D eigenvalue weighted by molar-refractivity contribution is 5.81. The van der Waals surface area contributed by atoms with Crippen LogP contribution in [0.5, 0.6) is 0 Å². The van der Waals surface area contributed by atoms with E-state index in [4.69, 9.17) is 11.1 Å². The van der Waals surface area contributed by atoms with Crippen LogP contribution in [-0.4, -0.2) is 10.5 Å². The summed E-state index contributed by atoms with van der Waals surface area (Å²) in [6.07, 6.45) is 4.14. The van der Waals surface area contributed by atoms with Crippen LogP contribution in [0, 0.1) is 11.3 Å². The van der Waals surface area contributed by atoms with E-state index in [1.54, 1.807) is 0 Å². The van der Waals surface area contributed by atoms with Crippen LogP contribution in [0.2, 0.25) is 0 Å². The average Bonchev–Trinajstić information content (AvgIpc) is 2.85. The summed E-state index contributed by atoms with van der Waals surface area (Å²) in [4.78, 5) is 11.0. The van der Waals surface area contributed by atoms with Crippen molar-refractivity contribution in [3.8, 4) is 6.07 Å². The Bertz CT molecular complexity index is 624. The Morgan fingerprint density at radius 3 is 2.95 bits per heavy atom. The van der Waals surface area contributed by atoms with Crippen LogP contribution in [0.15, 0.2) is 30.5 Å². The van der Waals surface area contributed by atoms with Gasteiger partial charge >= 0.3 is 0 Å².